The summed E-state index contributed by atoms with van der Waals surface area (Å²) in [6.07, 6.45) is -0.386. The number of ketones is 1. The zero-order chi connectivity index (χ0) is 32.4. The molecule has 2 aromatic heterocycles. The molecule has 2 heterocycles. The number of unbranched alkanes of at least 4 members (excludes halogenated alkanes) is 1. The molecule has 6 rings (SSSR count). The number of fused-ring (bicyclic) bond motifs is 3. The highest BCUT2D eigenvalue weighted by molar-refractivity contribution is 6.18. The van der Waals surface area contributed by atoms with Gasteiger partial charge in [-0.05, 0) is 59.0 Å². The topological polar surface area (TPSA) is 89.2 Å². The Hall–Kier alpha value is -5.31. The number of carbonyl (C=O) groups excluding carboxylic acids is 2. The molecule has 0 spiro atoms. The summed E-state index contributed by atoms with van der Waals surface area (Å²) >= 11 is 0. The molecule has 2 N–H and O–H groups in total. The number of hydrogen-bond donors (Lipinski definition) is 1. The van der Waals surface area contributed by atoms with Gasteiger partial charge >= 0.3 is 6.18 Å². The predicted molar refractivity (Wildman–Crippen MR) is 172 cm³/mol. The molecule has 3 aromatic carbocycles. The summed E-state index contributed by atoms with van der Waals surface area (Å²) in [6.45, 7) is 0.427. The molecule has 1 atom stereocenters. The van der Waals surface area contributed by atoms with Gasteiger partial charge in [0.2, 0.25) is 5.91 Å². The average Bonchev–Trinajstić information content (AvgIpc) is 3.40. The van der Waals surface area contributed by atoms with Gasteiger partial charge in [0.1, 0.15) is 6.54 Å². The molecule has 1 unspecified atom stereocenters. The molecular weight excluding hydrogens is 589 g/mol. The van der Waals surface area contributed by atoms with E-state index in [1.807, 2.05) is 43.3 Å². The van der Waals surface area contributed by atoms with E-state index in [1.54, 1.807) is 60.8 Å². The number of amides is 1. The van der Waals surface area contributed by atoms with Crippen LogP contribution in [0.4, 0.5) is 18.9 Å². The van der Waals surface area contributed by atoms with Gasteiger partial charge in [-0.25, -0.2) is 0 Å². The summed E-state index contributed by atoms with van der Waals surface area (Å²) in [5.41, 5.74) is 11.5. The molecule has 46 heavy (non-hydrogen) atoms. The minimum atomic E-state index is -4.59. The molecule has 0 radical (unpaired) electrons. The van der Waals surface area contributed by atoms with Crippen molar-refractivity contribution in [2.75, 3.05) is 18.8 Å². The predicted octanol–water partition coefficient (Wildman–Crippen LogP) is 7.93. The van der Waals surface area contributed by atoms with Crippen LogP contribution >= 0.6 is 0 Å². The summed E-state index contributed by atoms with van der Waals surface area (Å²) in [4.78, 5) is 38.9. The van der Waals surface area contributed by atoms with Crippen molar-refractivity contribution in [1.29, 1.82) is 0 Å². The van der Waals surface area contributed by atoms with Crippen molar-refractivity contribution in [2.24, 2.45) is 0 Å². The van der Waals surface area contributed by atoms with E-state index in [1.165, 1.54) is 6.20 Å². The smallest absolute Gasteiger partial charge is 0.397 e. The standard InChI is InChI=1S/C37H31F3N4O2/c1-2-3-21-44(22-37(38,39)40)36(46)33-25-13-6-4-11-23(25)26-17-18-28(32(31(26)33)34-29(41)15-10-20-43-34)35(45)27-14-7-5-12-24(27)30-16-8-9-19-42-30/h4-20,33H,2-3,21-22,41H2,1H3. The monoisotopic (exact) mass is 620 g/mol. The second-order valence-corrected chi connectivity index (χ2v) is 11.2. The van der Waals surface area contributed by atoms with Gasteiger partial charge in [0.15, 0.2) is 5.78 Å². The minimum absolute atomic E-state index is 0.0556. The highest BCUT2D eigenvalue weighted by Crippen LogP contribution is 2.51. The van der Waals surface area contributed by atoms with Gasteiger partial charge in [0.05, 0.1) is 23.0 Å². The number of pyridine rings is 2. The van der Waals surface area contributed by atoms with E-state index in [2.05, 4.69) is 9.97 Å². The average molecular weight is 621 g/mol. The highest BCUT2D eigenvalue weighted by atomic mass is 19.4. The van der Waals surface area contributed by atoms with Crippen LogP contribution in [0.2, 0.25) is 0 Å². The molecule has 9 heteroatoms. The Kier molecular flexibility index (Phi) is 8.41. The number of anilines is 1. The molecule has 6 nitrogen and oxygen atoms in total. The SMILES string of the molecule is CCCCN(CC(F)(F)F)C(=O)C1c2ccccc2-c2ccc(C(=O)c3ccccc3-c3ccccn3)c(-c3ncccc3N)c21. The van der Waals surface area contributed by atoms with Crippen molar-refractivity contribution in [2.45, 2.75) is 31.9 Å². The summed E-state index contributed by atoms with van der Waals surface area (Å²) in [6, 6.07) is 26.4. The van der Waals surface area contributed by atoms with Gasteiger partial charge < -0.3 is 10.6 Å². The maximum Gasteiger partial charge on any atom is 0.406 e. The van der Waals surface area contributed by atoms with Crippen LogP contribution < -0.4 is 5.73 Å². The van der Waals surface area contributed by atoms with Gasteiger partial charge in [-0.1, -0.05) is 74.0 Å². The van der Waals surface area contributed by atoms with Crippen molar-refractivity contribution in [3.8, 4) is 33.6 Å². The van der Waals surface area contributed by atoms with Crippen LogP contribution in [0.15, 0.2) is 103 Å². The second kappa shape index (κ2) is 12.6. The van der Waals surface area contributed by atoms with E-state index in [9.17, 15) is 22.8 Å². The van der Waals surface area contributed by atoms with E-state index < -0.39 is 24.5 Å². The number of nitrogens with zero attached hydrogens (tertiary/aromatic N) is 3. The Bertz CT molecular complexity index is 1920. The lowest BCUT2D eigenvalue weighted by Gasteiger charge is -2.28. The van der Waals surface area contributed by atoms with Crippen LogP contribution in [0.5, 0.6) is 0 Å². The Morgan fingerprint density at radius 2 is 1.52 bits per heavy atom. The molecule has 0 saturated carbocycles. The fourth-order valence-corrected chi connectivity index (χ4v) is 6.22. The van der Waals surface area contributed by atoms with Crippen molar-refractivity contribution < 1.29 is 22.8 Å². The van der Waals surface area contributed by atoms with Crippen molar-refractivity contribution >= 4 is 17.4 Å². The zero-order valence-electron chi connectivity index (χ0n) is 25.1. The third kappa shape index (κ3) is 5.76. The number of benzene rings is 3. The van der Waals surface area contributed by atoms with Crippen molar-refractivity contribution in [1.82, 2.24) is 14.9 Å². The first-order valence-electron chi connectivity index (χ1n) is 15.1. The number of alkyl halides is 3. The van der Waals surface area contributed by atoms with Crippen LogP contribution in [0, 0.1) is 0 Å². The van der Waals surface area contributed by atoms with E-state index in [4.69, 9.17) is 5.73 Å². The molecule has 1 aliphatic rings. The minimum Gasteiger partial charge on any atom is -0.397 e. The van der Waals surface area contributed by atoms with Gasteiger partial charge in [0.25, 0.3) is 0 Å². The Balaban J connectivity index is 1.61. The summed E-state index contributed by atoms with van der Waals surface area (Å²) in [7, 11) is 0. The van der Waals surface area contributed by atoms with Gasteiger partial charge in [-0.3, -0.25) is 19.6 Å². The second-order valence-electron chi connectivity index (χ2n) is 11.2. The van der Waals surface area contributed by atoms with E-state index >= 15 is 0 Å². The number of rotatable bonds is 9. The Labute approximate surface area is 264 Å². The van der Waals surface area contributed by atoms with Crippen LogP contribution in [-0.2, 0) is 4.79 Å². The number of aromatic nitrogens is 2. The van der Waals surface area contributed by atoms with Crippen LogP contribution in [0.25, 0.3) is 33.6 Å². The van der Waals surface area contributed by atoms with Crippen LogP contribution in [0.3, 0.4) is 0 Å². The quantitative estimate of drug-likeness (QED) is 0.169. The first-order chi connectivity index (χ1) is 22.2. The number of nitrogen functional groups attached to an aromatic ring is 1. The number of nitrogens with two attached hydrogens (primary N) is 1. The van der Waals surface area contributed by atoms with Gasteiger partial charge in [-0.2, -0.15) is 13.2 Å². The summed E-state index contributed by atoms with van der Waals surface area (Å²) < 4.78 is 41.5. The highest BCUT2D eigenvalue weighted by Gasteiger charge is 2.42. The van der Waals surface area contributed by atoms with Crippen LogP contribution in [0.1, 0.15) is 52.7 Å². The third-order valence-corrected chi connectivity index (χ3v) is 8.24. The maximum atomic E-state index is 14.6. The van der Waals surface area contributed by atoms with E-state index in [-0.39, 0.29) is 29.3 Å². The molecule has 232 valence electrons. The fraction of sp³-hybridized carbons (Fsp3) is 0.189. The molecule has 0 aliphatic heterocycles. The van der Waals surface area contributed by atoms with E-state index in [0.29, 0.717) is 57.5 Å². The zero-order valence-corrected chi connectivity index (χ0v) is 25.1. The van der Waals surface area contributed by atoms with E-state index in [0.717, 1.165) is 4.90 Å². The van der Waals surface area contributed by atoms with Gasteiger partial charge in [-0.15, -0.1) is 0 Å². The number of hydrogen-bond acceptors (Lipinski definition) is 5. The number of carbonyl (C=O) groups is 2. The maximum absolute atomic E-state index is 14.6. The molecule has 0 fully saturated rings. The third-order valence-electron chi connectivity index (χ3n) is 8.24. The molecular formula is C37H31F3N4O2. The molecule has 1 amide bonds. The molecule has 1 aliphatic carbocycles. The summed E-state index contributed by atoms with van der Waals surface area (Å²) in [5, 5.41) is 0. The Morgan fingerprint density at radius 3 is 2.24 bits per heavy atom. The van der Waals surface area contributed by atoms with Gasteiger partial charge in [0, 0.05) is 41.2 Å². The first-order valence-corrected chi connectivity index (χ1v) is 15.1. The summed E-state index contributed by atoms with van der Waals surface area (Å²) in [5.74, 6) is -2.16. The first kappa shape index (κ1) is 30.7. The number of halogens is 3. The lowest BCUT2D eigenvalue weighted by atomic mass is 9.84. The Morgan fingerprint density at radius 1 is 0.804 bits per heavy atom. The van der Waals surface area contributed by atoms with Crippen molar-refractivity contribution in [3.63, 3.8) is 0 Å². The normalized spacial score (nSPS) is 13.6. The fourth-order valence-electron chi connectivity index (χ4n) is 6.22. The largest absolute Gasteiger partial charge is 0.406 e. The lowest BCUT2D eigenvalue weighted by molar-refractivity contribution is -0.161. The molecule has 0 saturated heterocycles. The molecule has 0 bridgehead atoms. The molecule has 5 aromatic rings. The lowest BCUT2D eigenvalue weighted by Crippen LogP contribution is -2.42. The van der Waals surface area contributed by atoms with Crippen LogP contribution in [-0.4, -0.2) is 45.8 Å². The van der Waals surface area contributed by atoms with Crippen molar-refractivity contribution in [3.05, 3.63) is 126 Å².